The zero-order valence-electron chi connectivity index (χ0n) is 8.18. The Morgan fingerprint density at radius 3 is 2.25 bits per heavy atom. The van der Waals surface area contributed by atoms with Crippen LogP contribution in [0.15, 0.2) is 0 Å². The van der Waals surface area contributed by atoms with Gasteiger partial charge in [-0.3, -0.25) is 0 Å². The molecule has 0 amide bonds. The minimum Gasteiger partial charge on any atom is -0.308 e. The molecule has 0 bridgehead atoms. The summed E-state index contributed by atoms with van der Waals surface area (Å²) in [6, 6.07) is 0. The Kier molecular flexibility index (Phi) is 3.27. The van der Waals surface area contributed by atoms with Crippen LogP contribution >= 0.6 is 0 Å². The molecule has 0 heterocycles. The highest BCUT2D eigenvalue weighted by Gasteiger charge is 2.31. The van der Waals surface area contributed by atoms with E-state index in [0.717, 1.165) is 19.4 Å². The molecular weight excluding hydrogens is 150 g/mol. The van der Waals surface area contributed by atoms with Crippen LogP contribution in [0.5, 0.6) is 0 Å². The van der Waals surface area contributed by atoms with Crippen LogP contribution in [0.25, 0.3) is 0 Å². The van der Waals surface area contributed by atoms with E-state index in [9.17, 15) is 4.79 Å². The predicted octanol–water partition coefficient (Wildman–Crippen LogP) is 1.70. The van der Waals surface area contributed by atoms with E-state index in [1.54, 1.807) is 0 Å². The highest BCUT2D eigenvalue weighted by atomic mass is 16.1. The van der Waals surface area contributed by atoms with Gasteiger partial charge in [-0.05, 0) is 26.9 Å². The molecule has 0 saturated heterocycles. The molecule has 1 rings (SSSR count). The number of hydrogen-bond acceptors (Lipinski definition) is 2. The molecule has 1 fully saturated rings. The highest BCUT2D eigenvalue weighted by Crippen LogP contribution is 2.34. The molecule has 0 spiro atoms. The number of hydrogen-bond donors (Lipinski definition) is 0. The minimum atomic E-state index is -0.0122. The van der Waals surface area contributed by atoms with Crippen LogP contribution < -0.4 is 0 Å². The van der Waals surface area contributed by atoms with Gasteiger partial charge in [-0.25, -0.2) is 0 Å². The summed E-state index contributed by atoms with van der Waals surface area (Å²) < 4.78 is 0. The van der Waals surface area contributed by atoms with Crippen LogP contribution in [0.3, 0.4) is 0 Å². The first-order chi connectivity index (χ1) is 5.68. The summed E-state index contributed by atoms with van der Waals surface area (Å²) in [6.45, 7) is 0.927. The van der Waals surface area contributed by atoms with E-state index in [1.807, 2.05) is 14.1 Å². The second-order valence-electron chi connectivity index (χ2n) is 4.28. The van der Waals surface area contributed by atoms with Crippen molar-refractivity contribution < 1.29 is 4.79 Å². The van der Waals surface area contributed by atoms with E-state index in [4.69, 9.17) is 0 Å². The second kappa shape index (κ2) is 4.04. The maximum atomic E-state index is 11.0. The van der Waals surface area contributed by atoms with Gasteiger partial charge < -0.3 is 9.69 Å². The van der Waals surface area contributed by atoms with Gasteiger partial charge in [0.05, 0.1) is 0 Å². The summed E-state index contributed by atoms with van der Waals surface area (Å²) in [6.07, 6.45) is 7.14. The van der Waals surface area contributed by atoms with Gasteiger partial charge in [0.25, 0.3) is 0 Å². The quantitative estimate of drug-likeness (QED) is 0.599. The molecule has 0 aromatic rings. The monoisotopic (exact) mass is 169 g/mol. The fourth-order valence-corrected chi connectivity index (χ4v) is 2.20. The zero-order chi connectivity index (χ0) is 9.03. The summed E-state index contributed by atoms with van der Waals surface area (Å²) in [5.74, 6) is 0. The van der Waals surface area contributed by atoms with E-state index in [1.165, 1.54) is 25.5 Å². The number of aldehydes is 1. The average Bonchev–Trinajstić information content (AvgIpc) is 2.05. The lowest BCUT2D eigenvalue weighted by molar-refractivity contribution is -0.118. The van der Waals surface area contributed by atoms with Gasteiger partial charge in [0.15, 0.2) is 0 Å². The first kappa shape index (κ1) is 9.72. The lowest BCUT2D eigenvalue weighted by Crippen LogP contribution is -2.36. The molecule has 0 unspecified atom stereocenters. The van der Waals surface area contributed by atoms with Crippen molar-refractivity contribution in [1.82, 2.24) is 4.90 Å². The van der Waals surface area contributed by atoms with E-state index in [0.29, 0.717) is 0 Å². The Hall–Kier alpha value is -0.370. The normalized spacial score (nSPS) is 22.6. The molecular formula is C10H19NO. The van der Waals surface area contributed by atoms with Crippen molar-refractivity contribution in [2.24, 2.45) is 5.41 Å². The van der Waals surface area contributed by atoms with Crippen molar-refractivity contribution >= 4 is 6.29 Å². The molecule has 1 aliphatic carbocycles. The average molecular weight is 169 g/mol. The van der Waals surface area contributed by atoms with Crippen molar-refractivity contribution in [3.8, 4) is 0 Å². The number of carbonyl (C=O) groups excluding carboxylic acids is 1. The maximum absolute atomic E-state index is 11.0. The summed E-state index contributed by atoms with van der Waals surface area (Å²) in [5.41, 5.74) is -0.0122. The largest absolute Gasteiger partial charge is 0.308 e. The van der Waals surface area contributed by atoms with Gasteiger partial charge in [0.1, 0.15) is 6.29 Å². The first-order valence-corrected chi connectivity index (χ1v) is 4.80. The van der Waals surface area contributed by atoms with Gasteiger partial charge >= 0.3 is 0 Å². The van der Waals surface area contributed by atoms with Crippen LogP contribution in [0.1, 0.15) is 32.1 Å². The molecule has 12 heavy (non-hydrogen) atoms. The summed E-state index contributed by atoms with van der Waals surface area (Å²) in [5, 5.41) is 0. The van der Waals surface area contributed by atoms with Crippen LogP contribution in [-0.4, -0.2) is 31.8 Å². The van der Waals surface area contributed by atoms with Gasteiger partial charge in [-0.1, -0.05) is 19.3 Å². The van der Waals surface area contributed by atoms with E-state index >= 15 is 0 Å². The van der Waals surface area contributed by atoms with Crippen LogP contribution in [0, 0.1) is 5.41 Å². The Morgan fingerprint density at radius 1 is 1.25 bits per heavy atom. The molecule has 1 aliphatic rings. The van der Waals surface area contributed by atoms with Crippen LogP contribution in [0.4, 0.5) is 0 Å². The SMILES string of the molecule is CN(C)CC1(C=O)CCCCC1. The standard InChI is InChI=1S/C10H19NO/c1-11(2)8-10(9-12)6-4-3-5-7-10/h9H,3-8H2,1-2H3. The van der Waals surface area contributed by atoms with Gasteiger partial charge in [0.2, 0.25) is 0 Å². The smallest absolute Gasteiger partial charge is 0.127 e. The number of nitrogens with zero attached hydrogens (tertiary/aromatic N) is 1. The second-order valence-corrected chi connectivity index (χ2v) is 4.28. The van der Waals surface area contributed by atoms with Gasteiger partial charge in [-0.2, -0.15) is 0 Å². The fraction of sp³-hybridized carbons (Fsp3) is 0.900. The van der Waals surface area contributed by atoms with Crippen molar-refractivity contribution in [3.05, 3.63) is 0 Å². The lowest BCUT2D eigenvalue weighted by Gasteiger charge is -2.34. The summed E-state index contributed by atoms with van der Waals surface area (Å²) >= 11 is 0. The third kappa shape index (κ3) is 2.31. The topological polar surface area (TPSA) is 20.3 Å². The van der Waals surface area contributed by atoms with E-state index in [2.05, 4.69) is 4.90 Å². The predicted molar refractivity (Wildman–Crippen MR) is 50.1 cm³/mol. The van der Waals surface area contributed by atoms with E-state index in [-0.39, 0.29) is 5.41 Å². The van der Waals surface area contributed by atoms with Gasteiger partial charge in [0, 0.05) is 12.0 Å². The van der Waals surface area contributed by atoms with Crippen molar-refractivity contribution in [1.29, 1.82) is 0 Å². The van der Waals surface area contributed by atoms with Crippen molar-refractivity contribution in [3.63, 3.8) is 0 Å². The minimum absolute atomic E-state index is 0.0122. The van der Waals surface area contributed by atoms with Crippen molar-refractivity contribution in [2.75, 3.05) is 20.6 Å². The summed E-state index contributed by atoms with van der Waals surface area (Å²) in [4.78, 5) is 13.1. The Labute approximate surface area is 74.9 Å². The third-order valence-corrected chi connectivity index (χ3v) is 2.73. The summed E-state index contributed by atoms with van der Waals surface area (Å²) in [7, 11) is 4.08. The Balaban J connectivity index is 2.53. The van der Waals surface area contributed by atoms with Crippen molar-refractivity contribution in [2.45, 2.75) is 32.1 Å². The molecule has 0 N–H and O–H groups in total. The molecule has 0 aromatic heterocycles. The number of carbonyl (C=O) groups is 1. The first-order valence-electron chi connectivity index (χ1n) is 4.80. The molecule has 0 aliphatic heterocycles. The zero-order valence-corrected chi connectivity index (χ0v) is 8.18. The van der Waals surface area contributed by atoms with E-state index < -0.39 is 0 Å². The maximum Gasteiger partial charge on any atom is 0.127 e. The molecule has 0 radical (unpaired) electrons. The fourth-order valence-electron chi connectivity index (χ4n) is 2.20. The number of rotatable bonds is 3. The Bertz CT molecular complexity index is 148. The van der Waals surface area contributed by atoms with Crippen LogP contribution in [-0.2, 0) is 4.79 Å². The van der Waals surface area contributed by atoms with Gasteiger partial charge in [-0.15, -0.1) is 0 Å². The molecule has 0 atom stereocenters. The van der Waals surface area contributed by atoms with Crippen LogP contribution in [0.2, 0.25) is 0 Å². The lowest BCUT2D eigenvalue weighted by atomic mass is 9.75. The molecule has 2 heteroatoms. The Morgan fingerprint density at radius 2 is 1.83 bits per heavy atom. The molecule has 2 nitrogen and oxygen atoms in total. The highest BCUT2D eigenvalue weighted by molar-refractivity contribution is 5.59. The third-order valence-electron chi connectivity index (χ3n) is 2.73. The molecule has 70 valence electrons. The molecule has 0 aromatic carbocycles. The molecule has 1 saturated carbocycles.